The van der Waals surface area contributed by atoms with Crippen LogP contribution in [0.1, 0.15) is 21.5 Å². The van der Waals surface area contributed by atoms with E-state index in [1.807, 2.05) is 36.2 Å². The summed E-state index contributed by atoms with van der Waals surface area (Å²) in [5.41, 5.74) is 7.90. The third-order valence-electron chi connectivity index (χ3n) is 3.66. The van der Waals surface area contributed by atoms with Crippen LogP contribution in [0.15, 0.2) is 30.3 Å². The molecule has 0 fully saturated rings. The molecule has 0 aromatic heterocycles. The number of nitrogens with two attached hydrogens (primary N) is 1. The number of hydrogen-bond acceptors (Lipinski definition) is 4. The van der Waals surface area contributed by atoms with E-state index in [1.165, 1.54) is 0 Å². The lowest BCUT2D eigenvalue weighted by Crippen LogP contribution is -2.30. The molecule has 0 radical (unpaired) electrons. The molecule has 0 aliphatic carbocycles. The van der Waals surface area contributed by atoms with Gasteiger partial charge in [0, 0.05) is 11.9 Å². The zero-order valence-corrected chi connectivity index (χ0v) is 11.8. The zero-order valence-electron chi connectivity index (χ0n) is 11.8. The van der Waals surface area contributed by atoms with E-state index in [1.54, 1.807) is 6.07 Å². The molecule has 2 N–H and O–H groups in total. The maximum absolute atomic E-state index is 11.9. The van der Waals surface area contributed by atoms with Gasteiger partial charge < -0.3 is 10.5 Å². The monoisotopic (exact) mass is 284 g/mol. The van der Waals surface area contributed by atoms with Crippen molar-refractivity contribution in [3.63, 3.8) is 0 Å². The second-order valence-electron chi connectivity index (χ2n) is 5.33. The second-order valence-corrected chi connectivity index (χ2v) is 5.33. The van der Waals surface area contributed by atoms with Gasteiger partial charge in [-0.3, -0.25) is 9.69 Å². The Morgan fingerprint density at radius 1 is 1.33 bits per heavy atom. The molecule has 5 heteroatoms. The number of hydrogen-bond donors (Lipinski definition) is 1. The van der Waals surface area contributed by atoms with Crippen molar-refractivity contribution in [2.75, 3.05) is 13.6 Å². The van der Waals surface area contributed by atoms with Crippen LogP contribution in [0.5, 0.6) is 0 Å². The highest BCUT2D eigenvalue weighted by atomic mass is 16.5. The van der Waals surface area contributed by atoms with Gasteiger partial charge in [0.25, 0.3) is 0 Å². The standard InChI is InChI=1S/C16H16N2O3/c1-18(8-14(17)19)7-10-5-6-11-9-21-16(20)13-4-2-3-12(10)15(11)13/h2-6H,7-9H2,1H3,(H2,17,19). The predicted molar refractivity (Wildman–Crippen MR) is 78.6 cm³/mol. The molecule has 2 aromatic carbocycles. The van der Waals surface area contributed by atoms with E-state index in [9.17, 15) is 9.59 Å². The fraction of sp³-hybridized carbons (Fsp3) is 0.250. The molecule has 1 amide bonds. The van der Waals surface area contributed by atoms with E-state index >= 15 is 0 Å². The smallest absolute Gasteiger partial charge is 0.339 e. The highest BCUT2D eigenvalue weighted by molar-refractivity contribution is 6.08. The van der Waals surface area contributed by atoms with Crippen molar-refractivity contribution in [2.45, 2.75) is 13.2 Å². The van der Waals surface area contributed by atoms with Crippen LogP contribution in [0.3, 0.4) is 0 Å². The maximum Gasteiger partial charge on any atom is 0.339 e. The predicted octanol–water partition coefficient (Wildman–Crippen LogP) is 1.43. The number of nitrogens with zero attached hydrogens (tertiary/aromatic N) is 1. The number of ether oxygens (including phenoxy) is 1. The molecular weight excluding hydrogens is 268 g/mol. The van der Waals surface area contributed by atoms with Crippen LogP contribution in [-0.2, 0) is 22.7 Å². The van der Waals surface area contributed by atoms with Crippen LogP contribution in [0, 0.1) is 0 Å². The number of esters is 1. The molecule has 1 heterocycles. The van der Waals surface area contributed by atoms with Gasteiger partial charge in [-0.1, -0.05) is 24.3 Å². The molecule has 2 aromatic rings. The summed E-state index contributed by atoms with van der Waals surface area (Å²) in [6, 6.07) is 9.62. The van der Waals surface area contributed by atoms with Crippen molar-refractivity contribution in [3.05, 3.63) is 47.0 Å². The lowest BCUT2D eigenvalue weighted by molar-refractivity contribution is -0.118. The van der Waals surface area contributed by atoms with Crippen LogP contribution >= 0.6 is 0 Å². The summed E-state index contributed by atoms with van der Waals surface area (Å²) >= 11 is 0. The number of cyclic esters (lactones) is 1. The number of carbonyl (C=O) groups excluding carboxylic acids is 2. The molecule has 108 valence electrons. The van der Waals surface area contributed by atoms with Crippen molar-refractivity contribution in [2.24, 2.45) is 5.73 Å². The summed E-state index contributed by atoms with van der Waals surface area (Å²) < 4.78 is 5.16. The van der Waals surface area contributed by atoms with Gasteiger partial charge in [0.2, 0.25) is 5.91 Å². The van der Waals surface area contributed by atoms with E-state index in [4.69, 9.17) is 10.5 Å². The third kappa shape index (κ3) is 2.48. The number of rotatable bonds is 4. The lowest BCUT2D eigenvalue weighted by Gasteiger charge is -2.21. The van der Waals surface area contributed by atoms with Gasteiger partial charge in [-0.15, -0.1) is 0 Å². The molecule has 0 bridgehead atoms. The van der Waals surface area contributed by atoms with E-state index in [0.29, 0.717) is 18.7 Å². The molecule has 0 spiro atoms. The summed E-state index contributed by atoms with van der Waals surface area (Å²) in [6.45, 7) is 1.10. The quantitative estimate of drug-likeness (QED) is 0.862. The largest absolute Gasteiger partial charge is 0.457 e. The molecule has 1 aliphatic heterocycles. The van der Waals surface area contributed by atoms with E-state index in [-0.39, 0.29) is 18.4 Å². The Kier molecular flexibility index (Phi) is 3.35. The van der Waals surface area contributed by atoms with Gasteiger partial charge in [0.05, 0.1) is 12.1 Å². The molecule has 0 atom stereocenters. The lowest BCUT2D eigenvalue weighted by atomic mass is 9.94. The molecule has 0 saturated carbocycles. The van der Waals surface area contributed by atoms with Crippen LogP contribution in [0.25, 0.3) is 10.8 Å². The minimum absolute atomic E-state index is 0.199. The van der Waals surface area contributed by atoms with Crippen molar-refractivity contribution in [3.8, 4) is 0 Å². The number of carbonyl (C=O) groups is 2. The zero-order chi connectivity index (χ0) is 15.0. The molecular formula is C16H16N2O3. The second kappa shape index (κ2) is 5.18. The average Bonchev–Trinajstić information content (AvgIpc) is 2.44. The number of primary amides is 1. The minimum Gasteiger partial charge on any atom is -0.457 e. The molecule has 0 unspecified atom stereocenters. The van der Waals surface area contributed by atoms with Gasteiger partial charge in [0.1, 0.15) is 6.61 Å². The summed E-state index contributed by atoms with van der Waals surface area (Å²) in [4.78, 5) is 24.7. The van der Waals surface area contributed by atoms with Crippen molar-refractivity contribution >= 4 is 22.6 Å². The highest BCUT2D eigenvalue weighted by Gasteiger charge is 2.21. The molecule has 5 nitrogen and oxygen atoms in total. The minimum atomic E-state index is -0.358. The van der Waals surface area contributed by atoms with Crippen molar-refractivity contribution in [1.82, 2.24) is 4.90 Å². The molecule has 0 saturated heterocycles. The Balaban J connectivity index is 2.06. The molecule has 1 aliphatic rings. The van der Waals surface area contributed by atoms with Gasteiger partial charge in [-0.05, 0) is 29.6 Å². The van der Waals surface area contributed by atoms with Crippen molar-refractivity contribution < 1.29 is 14.3 Å². The fourth-order valence-electron chi connectivity index (χ4n) is 2.80. The van der Waals surface area contributed by atoms with Crippen LogP contribution in [0.4, 0.5) is 0 Å². The Morgan fingerprint density at radius 3 is 2.90 bits per heavy atom. The first-order chi connectivity index (χ1) is 10.1. The van der Waals surface area contributed by atoms with Gasteiger partial charge in [-0.2, -0.15) is 0 Å². The summed E-state index contributed by atoms with van der Waals surface area (Å²) in [6.07, 6.45) is 0. The van der Waals surface area contributed by atoms with Crippen LogP contribution in [0.2, 0.25) is 0 Å². The third-order valence-corrected chi connectivity index (χ3v) is 3.66. The van der Waals surface area contributed by atoms with Crippen LogP contribution in [-0.4, -0.2) is 30.4 Å². The normalized spacial score (nSPS) is 13.5. The van der Waals surface area contributed by atoms with E-state index in [0.717, 1.165) is 21.9 Å². The van der Waals surface area contributed by atoms with E-state index < -0.39 is 0 Å². The summed E-state index contributed by atoms with van der Waals surface area (Å²) in [5, 5.41) is 1.98. The SMILES string of the molecule is CN(CC(N)=O)Cc1ccc2c3c(cccc13)C(=O)OC2. The Morgan fingerprint density at radius 2 is 2.14 bits per heavy atom. The first-order valence-corrected chi connectivity index (χ1v) is 6.73. The number of amides is 1. The number of likely N-dealkylation sites (N-methyl/N-ethyl adjacent to an activating group) is 1. The van der Waals surface area contributed by atoms with Gasteiger partial charge >= 0.3 is 5.97 Å². The fourth-order valence-corrected chi connectivity index (χ4v) is 2.80. The first-order valence-electron chi connectivity index (χ1n) is 6.73. The highest BCUT2D eigenvalue weighted by Crippen LogP contribution is 2.31. The topological polar surface area (TPSA) is 72.6 Å². The van der Waals surface area contributed by atoms with Crippen LogP contribution < -0.4 is 5.73 Å². The first kappa shape index (κ1) is 13.6. The summed E-state index contributed by atoms with van der Waals surface area (Å²) in [7, 11) is 1.84. The Labute approximate surface area is 122 Å². The Bertz CT molecular complexity index is 740. The molecule has 3 rings (SSSR count). The van der Waals surface area contributed by atoms with Gasteiger partial charge in [-0.25, -0.2) is 4.79 Å². The molecule has 21 heavy (non-hydrogen) atoms. The maximum atomic E-state index is 11.9. The van der Waals surface area contributed by atoms with Gasteiger partial charge in [0.15, 0.2) is 0 Å². The van der Waals surface area contributed by atoms with E-state index in [2.05, 4.69) is 0 Å². The Hall–Kier alpha value is -2.40. The average molecular weight is 284 g/mol. The number of benzene rings is 2. The summed E-state index contributed by atoms with van der Waals surface area (Å²) in [5.74, 6) is -0.639. The van der Waals surface area contributed by atoms with Crippen molar-refractivity contribution in [1.29, 1.82) is 0 Å².